The monoisotopic (exact) mass is 119 g/mol. The molecule has 0 aromatic heterocycles. The summed E-state index contributed by atoms with van der Waals surface area (Å²) in [6.07, 6.45) is 0. The van der Waals surface area contributed by atoms with E-state index < -0.39 is 0 Å². The molecule has 1 aromatic carbocycles. The molecule has 0 aliphatic heterocycles. The summed E-state index contributed by atoms with van der Waals surface area (Å²) < 4.78 is 0. The van der Waals surface area contributed by atoms with E-state index in [0.717, 1.165) is 5.69 Å². The summed E-state index contributed by atoms with van der Waals surface area (Å²) in [5, 5.41) is 0. The number of nitrogen functional groups attached to an aromatic ring is 1. The third-order valence-corrected chi connectivity index (χ3v) is 1.24. The number of hydrogen-bond acceptors (Lipinski definition) is 1. The first kappa shape index (κ1) is 6.21. The molecular formula is C7H10BN. The Kier molecular flexibility index (Phi) is 1.47. The number of anilines is 1. The minimum atomic E-state index is 0.854. The second-order valence-corrected chi connectivity index (χ2v) is 2.42. The smallest absolute Gasteiger partial charge is 0.139 e. The second kappa shape index (κ2) is 2.13. The lowest BCUT2D eigenvalue weighted by molar-refractivity contribution is 1.49. The number of benzene rings is 1. The van der Waals surface area contributed by atoms with Crippen LogP contribution in [0.3, 0.4) is 0 Å². The van der Waals surface area contributed by atoms with E-state index >= 15 is 0 Å². The van der Waals surface area contributed by atoms with E-state index in [4.69, 9.17) is 5.73 Å². The highest BCUT2D eigenvalue weighted by molar-refractivity contribution is 6.32. The largest absolute Gasteiger partial charge is 0.399 e. The molecule has 9 heavy (non-hydrogen) atoms. The minimum absolute atomic E-state index is 0.854. The molecule has 0 saturated carbocycles. The number of rotatable bonds is 0. The van der Waals surface area contributed by atoms with Crippen LogP contribution in [0, 0.1) is 6.92 Å². The van der Waals surface area contributed by atoms with Gasteiger partial charge >= 0.3 is 0 Å². The third-order valence-electron chi connectivity index (χ3n) is 1.24. The Labute approximate surface area is 56.3 Å². The van der Waals surface area contributed by atoms with E-state index in [0.29, 0.717) is 0 Å². The summed E-state index contributed by atoms with van der Waals surface area (Å²) in [5.74, 6) is 0. The van der Waals surface area contributed by atoms with Crippen molar-refractivity contribution >= 4 is 19.0 Å². The summed E-state index contributed by atoms with van der Waals surface area (Å²) in [7, 11) is 2.04. The number of aryl methyl sites for hydroxylation is 1. The molecule has 0 fully saturated rings. The summed E-state index contributed by atoms with van der Waals surface area (Å²) in [4.78, 5) is 0. The quantitative estimate of drug-likeness (QED) is 0.372. The lowest BCUT2D eigenvalue weighted by atomic mass is 9.94. The molecule has 0 aliphatic rings. The van der Waals surface area contributed by atoms with Gasteiger partial charge in [0, 0.05) is 5.69 Å². The van der Waals surface area contributed by atoms with Crippen molar-refractivity contribution < 1.29 is 0 Å². The average molecular weight is 119 g/mol. The number of nitrogens with two attached hydrogens (primary N) is 1. The maximum Gasteiger partial charge on any atom is 0.139 e. The maximum atomic E-state index is 5.56. The zero-order chi connectivity index (χ0) is 6.85. The van der Waals surface area contributed by atoms with Crippen molar-refractivity contribution in [3.8, 4) is 0 Å². The Morgan fingerprint density at radius 2 is 2.00 bits per heavy atom. The summed E-state index contributed by atoms with van der Waals surface area (Å²) in [5.41, 5.74) is 8.87. The molecule has 0 spiro atoms. The molecule has 0 bridgehead atoms. The van der Waals surface area contributed by atoms with Crippen LogP contribution < -0.4 is 11.2 Å². The van der Waals surface area contributed by atoms with Crippen LogP contribution in [0.25, 0.3) is 0 Å². The molecule has 0 unspecified atom stereocenters. The highest BCUT2D eigenvalue weighted by atomic mass is 14.5. The first-order chi connectivity index (χ1) is 4.18. The normalized spacial score (nSPS) is 9.44. The molecule has 46 valence electrons. The molecule has 2 N–H and O–H groups in total. The number of hydrogen-bond donors (Lipinski definition) is 1. The van der Waals surface area contributed by atoms with E-state index in [2.05, 4.69) is 6.07 Å². The second-order valence-electron chi connectivity index (χ2n) is 2.42. The van der Waals surface area contributed by atoms with Gasteiger partial charge < -0.3 is 5.73 Å². The van der Waals surface area contributed by atoms with Gasteiger partial charge in [-0.2, -0.15) is 0 Å². The first-order valence-corrected chi connectivity index (χ1v) is 3.02. The predicted octanol–water partition coefficient (Wildman–Crippen LogP) is -0.164. The lowest BCUT2D eigenvalue weighted by Gasteiger charge is -1.97. The molecule has 1 rings (SSSR count). The first-order valence-electron chi connectivity index (χ1n) is 3.02. The molecule has 0 aliphatic carbocycles. The fraction of sp³-hybridized carbons (Fsp3) is 0.143. The molecule has 0 atom stereocenters. The Morgan fingerprint density at radius 1 is 1.33 bits per heavy atom. The highest BCUT2D eigenvalue weighted by Crippen LogP contribution is 2.01. The van der Waals surface area contributed by atoms with Gasteiger partial charge in [-0.15, -0.1) is 0 Å². The van der Waals surface area contributed by atoms with Gasteiger partial charge in [0.1, 0.15) is 7.85 Å². The van der Waals surface area contributed by atoms with Crippen LogP contribution in [0.15, 0.2) is 18.2 Å². The average Bonchev–Trinajstić information content (AvgIpc) is 1.59. The van der Waals surface area contributed by atoms with Crippen molar-refractivity contribution in [3.63, 3.8) is 0 Å². The van der Waals surface area contributed by atoms with E-state index in [1.54, 1.807) is 0 Å². The molecule has 0 radical (unpaired) electrons. The maximum absolute atomic E-state index is 5.56. The fourth-order valence-electron chi connectivity index (χ4n) is 1.01. The molecule has 2 heteroatoms. The van der Waals surface area contributed by atoms with E-state index in [1.165, 1.54) is 11.0 Å². The molecule has 1 aromatic rings. The summed E-state index contributed by atoms with van der Waals surface area (Å²) in [6.45, 7) is 2.04. The van der Waals surface area contributed by atoms with Crippen LogP contribution in [-0.2, 0) is 0 Å². The Bertz CT molecular complexity index is 170. The van der Waals surface area contributed by atoms with Crippen LogP contribution in [-0.4, -0.2) is 7.85 Å². The summed E-state index contributed by atoms with van der Waals surface area (Å²) >= 11 is 0. The van der Waals surface area contributed by atoms with Crippen molar-refractivity contribution in [2.45, 2.75) is 6.92 Å². The van der Waals surface area contributed by atoms with Gasteiger partial charge in [0.25, 0.3) is 0 Å². The van der Waals surface area contributed by atoms with Crippen LogP contribution >= 0.6 is 0 Å². The predicted molar refractivity (Wildman–Crippen MR) is 43.8 cm³/mol. The van der Waals surface area contributed by atoms with Crippen LogP contribution in [0.4, 0.5) is 5.69 Å². The van der Waals surface area contributed by atoms with Gasteiger partial charge in [0.15, 0.2) is 0 Å². The summed E-state index contributed by atoms with van der Waals surface area (Å²) in [6, 6.07) is 6.04. The third kappa shape index (κ3) is 1.49. The Hall–Kier alpha value is -0.915. The van der Waals surface area contributed by atoms with Crippen molar-refractivity contribution in [2.24, 2.45) is 0 Å². The van der Waals surface area contributed by atoms with Crippen molar-refractivity contribution in [2.75, 3.05) is 5.73 Å². The van der Waals surface area contributed by atoms with E-state index in [-0.39, 0.29) is 0 Å². The van der Waals surface area contributed by atoms with E-state index in [9.17, 15) is 0 Å². The van der Waals surface area contributed by atoms with Crippen LogP contribution in [0.5, 0.6) is 0 Å². The van der Waals surface area contributed by atoms with Crippen molar-refractivity contribution in [1.29, 1.82) is 0 Å². The van der Waals surface area contributed by atoms with Gasteiger partial charge in [-0.3, -0.25) is 0 Å². The van der Waals surface area contributed by atoms with E-state index in [1.807, 2.05) is 26.9 Å². The van der Waals surface area contributed by atoms with Gasteiger partial charge in [0.05, 0.1) is 0 Å². The topological polar surface area (TPSA) is 26.0 Å². The molecule has 0 saturated heterocycles. The lowest BCUT2D eigenvalue weighted by Crippen LogP contribution is -2.03. The zero-order valence-electron chi connectivity index (χ0n) is 5.81. The van der Waals surface area contributed by atoms with Crippen LogP contribution in [0.2, 0.25) is 0 Å². The van der Waals surface area contributed by atoms with Crippen LogP contribution in [0.1, 0.15) is 5.56 Å². The molecule has 1 nitrogen and oxygen atoms in total. The molecule has 0 amide bonds. The SMILES string of the molecule is Bc1cc(C)cc(N)c1. The highest BCUT2D eigenvalue weighted by Gasteiger charge is 1.87. The standard InChI is InChI=1S/C7H10BN/c1-5-2-6(8)4-7(9)3-5/h2-4H,8-9H2,1H3. The van der Waals surface area contributed by atoms with Gasteiger partial charge in [-0.05, 0) is 24.6 Å². The van der Waals surface area contributed by atoms with Crippen molar-refractivity contribution in [3.05, 3.63) is 23.8 Å². The van der Waals surface area contributed by atoms with Crippen molar-refractivity contribution in [1.82, 2.24) is 0 Å². The van der Waals surface area contributed by atoms with Gasteiger partial charge in [0.2, 0.25) is 0 Å². The fourth-order valence-corrected chi connectivity index (χ4v) is 1.01. The molecular weight excluding hydrogens is 109 g/mol. The Balaban J connectivity index is 3.17. The van der Waals surface area contributed by atoms with Gasteiger partial charge in [-0.1, -0.05) is 11.5 Å². The minimum Gasteiger partial charge on any atom is -0.399 e. The van der Waals surface area contributed by atoms with Gasteiger partial charge in [-0.25, -0.2) is 0 Å². The Morgan fingerprint density at radius 3 is 2.44 bits per heavy atom. The zero-order valence-corrected chi connectivity index (χ0v) is 5.81. The molecule has 0 heterocycles.